The zero-order chi connectivity index (χ0) is 26.5. The fraction of sp³-hybridized carbons (Fsp3) is 0.667. The lowest BCUT2D eigenvalue weighted by Gasteiger charge is -2.50. The van der Waals surface area contributed by atoms with Crippen molar-refractivity contribution in [1.82, 2.24) is 4.90 Å². The zero-order valence-electron chi connectivity index (χ0n) is 21.3. The Morgan fingerprint density at radius 1 is 1.08 bits per heavy atom. The summed E-state index contributed by atoms with van der Waals surface area (Å²) in [6.07, 6.45) is 4.64. The molecule has 3 aliphatic heterocycles. The minimum Gasteiger partial charge on any atom is -0.473 e. The van der Waals surface area contributed by atoms with Gasteiger partial charge in [0.15, 0.2) is 0 Å². The van der Waals surface area contributed by atoms with Crippen LogP contribution >= 0.6 is 11.6 Å². The van der Waals surface area contributed by atoms with E-state index in [1.54, 1.807) is 0 Å². The summed E-state index contributed by atoms with van der Waals surface area (Å²) in [7, 11) is 0. The van der Waals surface area contributed by atoms with E-state index in [0.717, 1.165) is 57.0 Å². The van der Waals surface area contributed by atoms with E-state index in [1.165, 1.54) is 12.1 Å². The monoisotopic (exact) mass is 534 g/mol. The van der Waals surface area contributed by atoms with Crippen LogP contribution in [-0.2, 0) is 23.9 Å². The van der Waals surface area contributed by atoms with E-state index in [9.17, 15) is 4.79 Å². The third-order valence-electron chi connectivity index (χ3n) is 9.27. The van der Waals surface area contributed by atoms with Gasteiger partial charge in [0, 0.05) is 55.3 Å². The number of carboxylic acid groups (broad SMARTS) is 2. The third-order valence-corrected chi connectivity index (χ3v) is 9.51. The lowest BCUT2D eigenvalue weighted by molar-refractivity contribution is -0.168. The van der Waals surface area contributed by atoms with E-state index in [2.05, 4.69) is 29.7 Å². The number of fused-ring (bicyclic) bond motifs is 1. The molecule has 0 aromatic heterocycles. The van der Waals surface area contributed by atoms with Crippen molar-refractivity contribution in [2.75, 3.05) is 37.6 Å². The van der Waals surface area contributed by atoms with Crippen LogP contribution in [0.3, 0.4) is 0 Å². The highest BCUT2D eigenvalue weighted by molar-refractivity contribution is 6.30. The van der Waals surface area contributed by atoms with Gasteiger partial charge in [-0.2, -0.15) is 0 Å². The van der Waals surface area contributed by atoms with Crippen molar-refractivity contribution >= 4 is 35.2 Å². The Labute approximate surface area is 221 Å². The minimum atomic E-state index is -1.82. The maximum atomic E-state index is 13.2. The molecule has 1 spiro atoms. The summed E-state index contributed by atoms with van der Waals surface area (Å²) in [4.78, 5) is 36.3. The van der Waals surface area contributed by atoms with Gasteiger partial charge < -0.3 is 24.6 Å². The van der Waals surface area contributed by atoms with Gasteiger partial charge in [-0.15, -0.1) is 0 Å². The number of anilines is 1. The molecule has 0 bridgehead atoms. The van der Waals surface area contributed by atoms with E-state index < -0.39 is 11.9 Å². The largest absolute Gasteiger partial charge is 0.473 e. The molecule has 0 amide bonds. The zero-order valence-corrected chi connectivity index (χ0v) is 22.0. The maximum absolute atomic E-state index is 13.2. The average Bonchev–Trinajstić information content (AvgIpc) is 3.49. The molecule has 10 heteroatoms. The number of benzene rings is 1. The van der Waals surface area contributed by atoms with Crippen LogP contribution in [0.15, 0.2) is 24.3 Å². The first-order valence-corrected chi connectivity index (χ1v) is 13.5. The van der Waals surface area contributed by atoms with Crippen molar-refractivity contribution in [3.05, 3.63) is 29.3 Å². The maximum Gasteiger partial charge on any atom is 0.414 e. The first-order chi connectivity index (χ1) is 17.5. The van der Waals surface area contributed by atoms with Crippen molar-refractivity contribution in [2.45, 2.75) is 56.8 Å². The highest BCUT2D eigenvalue weighted by atomic mass is 35.5. The van der Waals surface area contributed by atoms with Gasteiger partial charge in [0.25, 0.3) is 0 Å². The summed E-state index contributed by atoms with van der Waals surface area (Å²) in [6.45, 7) is 9.24. The van der Waals surface area contributed by atoms with Crippen LogP contribution in [0.5, 0.6) is 0 Å². The van der Waals surface area contributed by atoms with Crippen molar-refractivity contribution < 1.29 is 34.1 Å². The molecule has 3 saturated heterocycles. The highest BCUT2D eigenvalue weighted by Crippen LogP contribution is 2.66. The second kappa shape index (κ2) is 9.75. The van der Waals surface area contributed by atoms with Crippen LogP contribution < -0.4 is 4.90 Å². The number of esters is 1. The normalized spacial score (nSPS) is 38.3. The number of carboxylic acids is 2. The van der Waals surface area contributed by atoms with Crippen LogP contribution in [0.1, 0.15) is 39.5 Å². The Kier molecular flexibility index (Phi) is 6.92. The lowest BCUT2D eigenvalue weighted by atomic mass is 9.55. The van der Waals surface area contributed by atoms with E-state index in [1.807, 2.05) is 18.2 Å². The summed E-state index contributed by atoms with van der Waals surface area (Å²) in [6, 6.07) is 8.09. The molecular formula is C27H35ClN2O7. The molecule has 37 heavy (non-hydrogen) atoms. The molecule has 2 N–H and O–H groups in total. The Hall–Kier alpha value is -2.36. The molecule has 3 heterocycles. The minimum absolute atomic E-state index is 0.0146. The SMILES string of the molecule is C[C@@H]1CC[C@H]2C(CN3CCN(c4cccc(Cl)c4)CC3)C(=O)O[C@]23[C@H]1CC[C@@]1(C)O[C@@H]31.O=C(O)C(=O)O. The van der Waals surface area contributed by atoms with Gasteiger partial charge >= 0.3 is 17.9 Å². The van der Waals surface area contributed by atoms with Gasteiger partial charge in [-0.25, -0.2) is 9.59 Å². The van der Waals surface area contributed by atoms with Crippen LogP contribution in [0.25, 0.3) is 0 Å². The molecule has 202 valence electrons. The molecule has 1 unspecified atom stereocenters. The van der Waals surface area contributed by atoms with Gasteiger partial charge in [-0.05, 0) is 56.7 Å². The van der Waals surface area contributed by atoms with Gasteiger partial charge in [0.2, 0.25) is 0 Å². The number of hydrogen-bond donors (Lipinski definition) is 2. The number of epoxide rings is 1. The number of piperazine rings is 1. The highest BCUT2D eigenvalue weighted by Gasteiger charge is 2.77. The topological polar surface area (TPSA) is 120 Å². The Morgan fingerprint density at radius 3 is 2.43 bits per heavy atom. The molecule has 2 saturated carbocycles. The van der Waals surface area contributed by atoms with Gasteiger partial charge in [0.05, 0.1) is 11.5 Å². The van der Waals surface area contributed by atoms with Crippen molar-refractivity contribution in [3.63, 3.8) is 0 Å². The Morgan fingerprint density at radius 2 is 1.78 bits per heavy atom. The number of halogens is 1. The van der Waals surface area contributed by atoms with Crippen molar-refractivity contribution in [3.8, 4) is 0 Å². The first-order valence-electron chi connectivity index (χ1n) is 13.1. The predicted octanol–water partition coefficient (Wildman–Crippen LogP) is 3.14. The molecule has 7 atom stereocenters. The number of aliphatic carboxylic acids is 2. The van der Waals surface area contributed by atoms with Gasteiger partial charge in [-0.3, -0.25) is 9.69 Å². The van der Waals surface area contributed by atoms with Crippen LogP contribution in [-0.4, -0.2) is 83.1 Å². The molecule has 5 aliphatic rings. The number of nitrogens with zero attached hydrogens (tertiary/aromatic N) is 2. The fourth-order valence-electron chi connectivity index (χ4n) is 7.40. The molecule has 1 aromatic carbocycles. The third kappa shape index (κ3) is 4.70. The number of carbonyl (C=O) groups excluding carboxylic acids is 1. The fourth-order valence-corrected chi connectivity index (χ4v) is 7.59. The number of rotatable bonds is 3. The van der Waals surface area contributed by atoms with Crippen molar-refractivity contribution in [2.24, 2.45) is 23.7 Å². The molecule has 2 aliphatic carbocycles. The number of hydrogen-bond acceptors (Lipinski definition) is 7. The molecule has 5 fully saturated rings. The number of carbonyl (C=O) groups is 3. The van der Waals surface area contributed by atoms with Gasteiger partial charge in [0.1, 0.15) is 11.7 Å². The standard InChI is InChI=1S/C25H33ClN2O3.C2H2O4/c1-16-6-7-21-19(22(29)30-25(21)20(16)8-9-24(2)23(25)31-24)15-27-10-12-28(13-11-27)18-5-3-4-17(26)14-18;3-1(4)2(5)6/h3-5,14,16,19-21,23H,6-13,15H2,1-2H3;(H,3,4)(H,5,6)/t16-,19?,20+,21+,23-,24-,25-;/m1./s1. The summed E-state index contributed by atoms with van der Waals surface area (Å²) in [5, 5.41) is 15.6. The van der Waals surface area contributed by atoms with Gasteiger partial charge in [-0.1, -0.05) is 24.6 Å². The van der Waals surface area contributed by atoms with E-state index in [4.69, 9.17) is 40.9 Å². The average molecular weight is 535 g/mol. The van der Waals surface area contributed by atoms with Crippen LogP contribution in [0.4, 0.5) is 5.69 Å². The molecular weight excluding hydrogens is 500 g/mol. The summed E-state index contributed by atoms with van der Waals surface area (Å²) < 4.78 is 12.6. The Bertz CT molecular complexity index is 1060. The molecule has 6 rings (SSSR count). The Balaban J connectivity index is 0.000000421. The van der Waals surface area contributed by atoms with E-state index in [0.29, 0.717) is 17.8 Å². The summed E-state index contributed by atoms with van der Waals surface area (Å²) in [5.74, 6) is -2.26. The summed E-state index contributed by atoms with van der Waals surface area (Å²) >= 11 is 6.18. The molecule has 0 radical (unpaired) electrons. The second-order valence-corrected chi connectivity index (χ2v) is 11.8. The van der Waals surface area contributed by atoms with Crippen molar-refractivity contribution in [1.29, 1.82) is 0 Å². The smallest absolute Gasteiger partial charge is 0.414 e. The van der Waals surface area contributed by atoms with E-state index in [-0.39, 0.29) is 29.2 Å². The molecule has 1 aromatic rings. The van der Waals surface area contributed by atoms with Crippen LogP contribution in [0.2, 0.25) is 5.02 Å². The number of ether oxygens (including phenoxy) is 2. The quantitative estimate of drug-likeness (QED) is 0.342. The first kappa shape index (κ1) is 26.3. The second-order valence-electron chi connectivity index (χ2n) is 11.4. The van der Waals surface area contributed by atoms with Crippen LogP contribution in [0, 0.1) is 23.7 Å². The molecule has 9 nitrogen and oxygen atoms in total. The van der Waals surface area contributed by atoms with E-state index >= 15 is 0 Å². The predicted molar refractivity (Wildman–Crippen MR) is 136 cm³/mol. The summed E-state index contributed by atoms with van der Waals surface area (Å²) in [5.41, 5.74) is 0.751. The lowest BCUT2D eigenvalue weighted by Crippen LogP contribution is -2.58.